The number of benzene rings is 2. The Morgan fingerprint density at radius 2 is 1.73 bits per heavy atom. The zero-order valence-electron chi connectivity index (χ0n) is 25.1. The summed E-state index contributed by atoms with van der Waals surface area (Å²) in [6.07, 6.45) is 1.56. The Balaban J connectivity index is 1.49. The lowest BCUT2D eigenvalue weighted by atomic mass is 9.49. The summed E-state index contributed by atoms with van der Waals surface area (Å²) >= 11 is 0. The molecule has 0 saturated heterocycles. The summed E-state index contributed by atoms with van der Waals surface area (Å²) in [5.74, 6) is -11.6. The van der Waals surface area contributed by atoms with Crippen LogP contribution in [-0.4, -0.2) is 57.2 Å². The Kier molecular flexibility index (Phi) is 8.43. The molecule has 0 aromatic heterocycles. The molecule has 2 aromatic rings. The maximum absolute atomic E-state index is 14.0. The summed E-state index contributed by atoms with van der Waals surface area (Å²) in [6, 6.07) is 10.7. The lowest BCUT2D eigenvalue weighted by Gasteiger charge is -2.52. The van der Waals surface area contributed by atoms with Crippen LogP contribution in [-0.2, 0) is 36.9 Å². The molecular formula is C34H38N2O8. The molecule has 10 nitrogen and oxygen atoms in total. The third-order valence-electron chi connectivity index (χ3n) is 9.64. The van der Waals surface area contributed by atoms with Gasteiger partial charge in [0.25, 0.3) is 0 Å². The van der Waals surface area contributed by atoms with Crippen LogP contribution in [0.3, 0.4) is 0 Å². The van der Waals surface area contributed by atoms with E-state index >= 15 is 0 Å². The van der Waals surface area contributed by atoms with Gasteiger partial charge in [0.2, 0.25) is 5.91 Å². The number of aliphatic hydroxyl groups is 1. The standard InChI is InChI=1S/C34H38N2O8/c1-4-5-20(37)15-36-14-17-6-8-18(9-7-17)21-10-11-24(38)27-22(21)12-19-13-23-25(16(2)3)29(39)28(33(35)43)32(42)34(23,44)31(41)26(19)30(27)40/h6-11,16,19,23,25-26,28,36,38,44H,4-5,12-15H2,1-3H3,(H2,35,43)/t19-,23-,25-,26?,28?,34-/m0/s1. The first-order chi connectivity index (χ1) is 20.8. The van der Waals surface area contributed by atoms with Gasteiger partial charge in [-0.1, -0.05) is 51.1 Å². The number of aromatic hydroxyl groups is 1. The number of carbonyl (C=O) groups is 6. The summed E-state index contributed by atoms with van der Waals surface area (Å²) in [7, 11) is 0. The number of hydrogen-bond donors (Lipinski definition) is 4. The SMILES string of the molecule is CCCC(=O)CNCc1ccc(-c2ccc(O)c3c2C[C@H]2C[C@H]4[C@H](C(C)C)C(=O)C(C(N)=O)C(=O)[C@@]4(O)C(=O)C2C3=O)cc1. The van der Waals surface area contributed by atoms with E-state index in [0.29, 0.717) is 30.6 Å². The van der Waals surface area contributed by atoms with Crippen LogP contribution in [0.5, 0.6) is 5.75 Å². The maximum Gasteiger partial charge on any atom is 0.235 e. The van der Waals surface area contributed by atoms with Gasteiger partial charge < -0.3 is 21.3 Å². The maximum atomic E-state index is 14.0. The molecule has 1 amide bonds. The van der Waals surface area contributed by atoms with Crippen LogP contribution in [0.1, 0.15) is 61.5 Å². The fourth-order valence-corrected chi connectivity index (χ4v) is 7.64. The topological polar surface area (TPSA) is 181 Å². The largest absolute Gasteiger partial charge is 0.507 e. The van der Waals surface area contributed by atoms with E-state index in [-0.39, 0.29) is 29.9 Å². The average Bonchev–Trinajstić information content (AvgIpc) is 2.95. The zero-order chi connectivity index (χ0) is 32.1. The van der Waals surface area contributed by atoms with E-state index in [2.05, 4.69) is 5.32 Å². The third kappa shape index (κ3) is 4.99. The normalized spacial score (nSPS) is 28.0. The third-order valence-corrected chi connectivity index (χ3v) is 9.64. The molecule has 3 aliphatic rings. The summed E-state index contributed by atoms with van der Waals surface area (Å²) in [6.45, 7) is 6.18. The molecule has 10 heteroatoms. The minimum atomic E-state index is -2.71. The first-order valence-corrected chi connectivity index (χ1v) is 15.2. The molecule has 3 aliphatic carbocycles. The van der Waals surface area contributed by atoms with Crippen molar-refractivity contribution in [3.05, 3.63) is 53.1 Å². The number of nitrogens with two attached hydrogens (primary N) is 1. The summed E-state index contributed by atoms with van der Waals surface area (Å²) in [5.41, 5.74) is 5.62. The predicted octanol–water partition coefficient (Wildman–Crippen LogP) is 2.33. The van der Waals surface area contributed by atoms with E-state index < -0.39 is 70.1 Å². The van der Waals surface area contributed by atoms with Crippen molar-refractivity contribution in [1.82, 2.24) is 5.32 Å². The van der Waals surface area contributed by atoms with Crippen molar-refractivity contribution in [3.8, 4) is 16.9 Å². The number of Topliss-reactive ketones (excluding diaryl/α,β-unsaturated/α-hetero) is 5. The second-order valence-electron chi connectivity index (χ2n) is 12.7. The Bertz CT molecular complexity index is 1560. The fraction of sp³-hybridized carbons (Fsp3) is 0.471. The fourth-order valence-electron chi connectivity index (χ4n) is 7.64. The molecule has 2 saturated carbocycles. The van der Waals surface area contributed by atoms with Gasteiger partial charge in [-0.25, -0.2) is 0 Å². The smallest absolute Gasteiger partial charge is 0.235 e. The number of amides is 1. The molecule has 232 valence electrons. The molecule has 0 bridgehead atoms. The second-order valence-corrected chi connectivity index (χ2v) is 12.7. The number of nitrogens with one attached hydrogen (secondary N) is 1. The minimum absolute atomic E-state index is 0.0281. The number of fused-ring (bicyclic) bond motifs is 3. The highest BCUT2D eigenvalue weighted by molar-refractivity contribution is 6.32. The number of rotatable bonds is 9. The average molecular weight is 603 g/mol. The van der Waals surface area contributed by atoms with Gasteiger partial charge in [-0.15, -0.1) is 0 Å². The van der Waals surface area contributed by atoms with Gasteiger partial charge in [-0.3, -0.25) is 28.8 Å². The molecular weight excluding hydrogens is 564 g/mol. The van der Waals surface area contributed by atoms with E-state index in [4.69, 9.17) is 5.73 Å². The molecule has 5 N–H and O–H groups in total. The molecule has 6 atom stereocenters. The highest BCUT2D eigenvalue weighted by atomic mass is 16.3. The Morgan fingerprint density at radius 1 is 1.05 bits per heavy atom. The molecule has 2 aromatic carbocycles. The van der Waals surface area contributed by atoms with Gasteiger partial charge in [0.15, 0.2) is 34.7 Å². The van der Waals surface area contributed by atoms with Crippen molar-refractivity contribution in [2.24, 2.45) is 41.2 Å². The van der Waals surface area contributed by atoms with E-state index in [0.717, 1.165) is 17.5 Å². The number of phenols is 1. The van der Waals surface area contributed by atoms with Crippen LogP contribution in [0, 0.1) is 35.5 Å². The Labute approximate surface area is 255 Å². The van der Waals surface area contributed by atoms with Gasteiger partial charge in [0.1, 0.15) is 11.5 Å². The number of carbonyl (C=O) groups excluding carboxylic acids is 6. The molecule has 44 heavy (non-hydrogen) atoms. The molecule has 0 heterocycles. The highest BCUT2D eigenvalue weighted by Gasteiger charge is 2.69. The molecule has 2 unspecified atom stereocenters. The van der Waals surface area contributed by atoms with E-state index in [1.54, 1.807) is 19.9 Å². The van der Waals surface area contributed by atoms with Gasteiger partial charge in [0, 0.05) is 24.8 Å². The number of hydrogen-bond acceptors (Lipinski definition) is 9. The van der Waals surface area contributed by atoms with Gasteiger partial charge >= 0.3 is 0 Å². The summed E-state index contributed by atoms with van der Waals surface area (Å²) < 4.78 is 0. The van der Waals surface area contributed by atoms with Crippen LogP contribution in [0.4, 0.5) is 0 Å². The molecule has 0 aliphatic heterocycles. The molecule has 2 fully saturated rings. The Morgan fingerprint density at radius 3 is 2.34 bits per heavy atom. The summed E-state index contributed by atoms with van der Waals surface area (Å²) in [5, 5.41) is 25.7. The van der Waals surface area contributed by atoms with E-state index in [1.165, 1.54) is 6.07 Å². The van der Waals surface area contributed by atoms with Crippen LogP contribution < -0.4 is 11.1 Å². The molecule has 0 radical (unpaired) electrons. The second kappa shape index (κ2) is 11.8. The Hall–Kier alpha value is -4.02. The van der Waals surface area contributed by atoms with Gasteiger partial charge in [-0.2, -0.15) is 0 Å². The van der Waals surface area contributed by atoms with Crippen molar-refractivity contribution in [1.29, 1.82) is 0 Å². The molecule has 0 spiro atoms. The van der Waals surface area contributed by atoms with Crippen LogP contribution in [0.25, 0.3) is 11.1 Å². The van der Waals surface area contributed by atoms with E-state index in [9.17, 15) is 39.0 Å². The first kappa shape index (κ1) is 31.4. The van der Waals surface area contributed by atoms with Crippen molar-refractivity contribution in [2.75, 3.05) is 6.54 Å². The number of primary amides is 1. The monoisotopic (exact) mass is 602 g/mol. The number of phenolic OH excluding ortho intramolecular Hbond substituents is 1. The lowest BCUT2D eigenvalue weighted by molar-refractivity contribution is -0.182. The summed E-state index contributed by atoms with van der Waals surface area (Å²) in [4.78, 5) is 78.7. The van der Waals surface area contributed by atoms with Crippen molar-refractivity contribution in [2.45, 2.75) is 58.6 Å². The van der Waals surface area contributed by atoms with Gasteiger partial charge in [0.05, 0.1) is 18.0 Å². The van der Waals surface area contributed by atoms with E-state index in [1.807, 2.05) is 31.2 Å². The quantitative estimate of drug-likeness (QED) is 0.313. The first-order valence-electron chi connectivity index (χ1n) is 15.2. The van der Waals surface area contributed by atoms with Crippen LogP contribution >= 0.6 is 0 Å². The van der Waals surface area contributed by atoms with Crippen molar-refractivity contribution in [3.63, 3.8) is 0 Å². The van der Waals surface area contributed by atoms with Crippen molar-refractivity contribution < 1.29 is 39.0 Å². The highest BCUT2D eigenvalue weighted by Crippen LogP contribution is 2.53. The van der Waals surface area contributed by atoms with Crippen LogP contribution in [0.2, 0.25) is 0 Å². The van der Waals surface area contributed by atoms with Crippen molar-refractivity contribution >= 4 is 34.8 Å². The lowest BCUT2D eigenvalue weighted by Crippen LogP contribution is -2.71. The zero-order valence-corrected chi connectivity index (χ0v) is 25.1. The number of ketones is 5. The molecule has 5 rings (SSSR count). The van der Waals surface area contributed by atoms with Crippen LogP contribution in [0.15, 0.2) is 36.4 Å². The van der Waals surface area contributed by atoms with Gasteiger partial charge in [-0.05, 0) is 59.4 Å². The minimum Gasteiger partial charge on any atom is -0.507 e. The predicted molar refractivity (Wildman–Crippen MR) is 159 cm³/mol.